The average Bonchev–Trinajstić information content (AvgIpc) is 2.94. The highest BCUT2D eigenvalue weighted by atomic mass is 79.9. The zero-order chi connectivity index (χ0) is 15.5. The highest BCUT2D eigenvalue weighted by Crippen LogP contribution is 2.22. The maximum absolute atomic E-state index is 4.81. The van der Waals surface area contributed by atoms with Crippen LogP contribution in [0.5, 0.6) is 0 Å². The van der Waals surface area contributed by atoms with Gasteiger partial charge in [-0.15, -0.1) is 50.9 Å². The summed E-state index contributed by atoms with van der Waals surface area (Å²) >= 11 is 0. The molecule has 0 bridgehead atoms. The quantitative estimate of drug-likeness (QED) is 0.507. The predicted molar refractivity (Wildman–Crippen MR) is 124 cm³/mol. The fourth-order valence-corrected chi connectivity index (χ4v) is 3.17. The molecule has 1 fully saturated rings. The summed E-state index contributed by atoms with van der Waals surface area (Å²) in [5, 5.41) is 7.06. The van der Waals surface area contributed by atoms with Gasteiger partial charge in [-0.2, -0.15) is 0 Å². The predicted octanol–water partition coefficient (Wildman–Crippen LogP) is 4.38. The van der Waals surface area contributed by atoms with Crippen LogP contribution in [0.25, 0.3) is 11.0 Å². The first kappa shape index (κ1) is 23.1. The van der Waals surface area contributed by atoms with Crippen molar-refractivity contribution in [2.24, 2.45) is 0 Å². The van der Waals surface area contributed by atoms with E-state index in [0.29, 0.717) is 6.04 Å². The molecule has 0 unspecified atom stereocenters. The van der Waals surface area contributed by atoms with Crippen LogP contribution in [0.3, 0.4) is 0 Å². The van der Waals surface area contributed by atoms with Crippen molar-refractivity contribution < 1.29 is 0 Å². The molecule has 1 aliphatic heterocycles. The minimum absolute atomic E-state index is 0. The molecule has 3 aromatic rings. The molecule has 1 aromatic carbocycles. The second-order valence-corrected chi connectivity index (χ2v) is 6.04. The molecule has 5 nitrogen and oxygen atoms in total. The monoisotopic (exact) mass is 547 g/mol. The molecule has 0 saturated carbocycles. The van der Waals surface area contributed by atoms with E-state index >= 15 is 0 Å². The molecule has 8 heteroatoms. The number of hydrogen-bond donors (Lipinski definition) is 2. The van der Waals surface area contributed by atoms with Crippen LogP contribution in [0.2, 0.25) is 0 Å². The normalized spacial score (nSPS) is 14.0. The number of para-hydroxylation sites is 2. The summed E-state index contributed by atoms with van der Waals surface area (Å²) in [6.07, 6.45) is 6.00. The minimum atomic E-state index is 0. The molecule has 1 aliphatic rings. The number of piperidine rings is 1. The molecule has 0 amide bonds. The average molecular weight is 550 g/mol. The van der Waals surface area contributed by atoms with Crippen LogP contribution >= 0.6 is 50.9 Å². The number of imidazole rings is 1. The largest absolute Gasteiger partial charge is 0.353 e. The first-order valence-electron chi connectivity index (χ1n) is 8.21. The van der Waals surface area contributed by atoms with Gasteiger partial charge in [0.25, 0.3) is 0 Å². The van der Waals surface area contributed by atoms with E-state index in [-0.39, 0.29) is 50.9 Å². The van der Waals surface area contributed by atoms with Gasteiger partial charge in [-0.05, 0) is 49.7 Å². The van der Waals surface area contributed by atoms with Crippen LogP contribution < -0.4 is 10.6 Å². The van der Waals surface area contributed by atoms with Crippen LogP contribution in [-0.2, 0) is 6.54 Å². The minimum Gasteiger partial charge on any atom is -0.353 e. The van der Waals surface area contributed by atoms with E-state index in [1.807, 2.05) is 24.5 Å². The van der Waals surface area contributed by atoms with Crippen LogP contribution in [-0.4, -0.2) is 33.7 Å². The van der Waals surface area contributed by atoms with E-state index in [2.05, 4.69) is 44.5 Å². The number of benzene rings is 1. The Morgan fingerprint density at radius 3 is 2.54 bits per heavy atom. The van der Waals surface area contributed by atoms with E-state index in [1.165, 1.54) is 5.56 Å². The van der Waals surface area contributed by atoms with Crippen molar-refractivity contribution in [3.8, 4) is 0 Å². The number of fused-ring (bicyclic) bond motifs is 1. The van der Waals surface area contributed by atoms with Crippen LogP contribution in [0.15, 0.2) is 48.8 Å². The van der Waals surface area contributed by atoms with Crippen molar-refractivity contribution in [2.45, 2.75) is 25.4 Å². The molecule has 0 radical (unpaired) electrons. The van der Waals surface area contributed by atoms with Gasteiger partial charge >= 0.3 is 0 Å². The summed E-state index contributed by atoms with van der Waals surface area (Å²) in [5.41, 5.74) is 3.38. The number of hydrogen-bond acceptors (Lipinski definition) is 4. The van der Waals surface area contributed by atoms with Gasteiger partial charge in [0.15, 0.2) is 0 Å². The number of aromatic nitrogens is 3. The molecule has 0 spiro atoms. The topological polar surface area (TPSA) is 54.8 Å². The third kappa shape index (κ3) is 5.28. The Hall–Kier alpha value is -0.960. The highest BCUT2D eigenvalue weighted by Gasteiger charge is 2.17. The van der Waals surface area contributed by atoms with Crippen molar-refractivity contribution in [3.05, 3.63) is 54.4 Å². The third-order valence-corrected chi connectivity index (χ3v) is 4.39. The fourth-order valence-electron chi connectivity index (χ4n) is 3.17. The van der Waals surface area contributed by atoms with Gasteiger partial charge in [0.2, 0.25) is 5.95 Å². The molecule has 2 aromatic heterocycles. The van der Waals surface area contributed by atoms with Crippen molar-refractivity contribution in [3.63, 3.8) is 0 Å². The molecular weight excluding hydrogens is 526 g/mol. The Bertz CT molecular complexity index is 788. The molecule has 2 N–H and O–H groups in total. The number of rotatable bonds is 4. The van der Waals surface area contributed by atoms with E-state index in [9.17, 15) is 0 Å². The first-order valence-corrected chi connectivity index (χ1v) is 8.21. The number of nitrogens with one attached hydrogen (secondary N) is 2. The number of halogens is 3. The fraction of sp³-hybridized carbons (Fsp3) is 0.333. The molecule has 4 rings (SSSR count). The van der Waals surface area contributed by atoms with Crippen molar-refractivity contribution in [2.75, 3.05) is 18.4 Å². The van der Waals surface area contributed by atoms with Crippen LogP contribution in [0.1, 0.15) is 18.4 Å². The Labute approximate surface area is 185 Å². The summed E-state index contributed by atoms with van der Waals surface area (Å²) < 4.78 is 2.26. The van der Waals surface area contributed by atoms with Gasteiger partial charge in [0.05, 0.1) is 17.6 Å². The molecule has 142 valence electrons. The second kappa shape index (κ2) is 11.0. The molecular formula is C18H24Br3N5. The van der Waals surface area contributed by atoms with Gasteiger partial charge in [-0.1, -0.05) is 18.2 Å². The van der Waals surface area contributed by atoms with Crippen LogP contribution in [0.4, 0.5) is 5.95 Å². The van der Waals surface area contributed by atoms with E-state index < -0.39 is 0 Å². The molecule has 0 atom stereocenters. The lowest BCUT2D eigenvalue weighted by atomic mass is 10.1. The molecule has 0 aliphatic carbocycles. The summed E-state index contributed by atoms with van der Waals surface area (Å²) in [5.74, 6) is 0.960. The lowest BCUT2D eigenvalue weighted by Gasteiger charge is -2.24. The van der Waals surface area contributed by atoms with Crippen molar-refractivity contribution in [1.82, 2.24) is 19.9 Å². The summed E-state index contributed by atoms with van der Waals surface area (Å²) in [4.78, 5) is 9.04. The number of anilines is 1. The maximum Gasteiger partial charge on any atom is 0.204 e. The van der Waals surface area contributed by atoms with E-state index in [4.69, 9.17) is 4.98 Å². The van der Waals surface area contributed by atoms with Gasteiger partial charge in [0, 0.05) is 18.4 Å². The number of nitrogens with zero attached hydrogens (tertiary/aromatic N) is 3. The van der Waals surface area contributed by atoms with Gasteiger partial charge in [-0.25, -0.2) is 4.98 Å². The molecule has 3 heterocycles. The summed E-state index contributed by atoms with van der Waals surface area (Å²) in [6.45, 7) is 2.92. The summed E-state index contributed by atoms with van der Waals surface area (Å²) in [7, 11) is 0. The third-order valence-electron chi connectivity index (χ3n) is 4.39. The smallest absolute Gasteiger partial charge is 0.204 e. The van der Waals surface area contributed by atoms with Crippen molar-refractivity contribution in [1.29, 1.82) is 0 Å². The van der Waals surface area contributed by atoms with Crippen molar-refractivity contribution >= 4 is 67.9 Å². The Kier molecular flexibility index (Phi) is 9.78. The van der Waals surface area contributed by atoms with Gasteiger partial charge in [0.1, 0.15) is 0 Å². The SMILES string of the molecule is Br.Br.Br.c1cncc(Cn2c(NC3CCNCC3)nc3ccccc32)c1. The lowest BCUT2D eigenvalue weighted by molar-refractivity contribution is 0.476. The molecule has 26 heavy (non-hydrogen) atoms. The Morgan fingerprint density at radius 1 is 1.04 bits per heavy atom. The molecule has 1 saturated heterocycles. The van der Waals surface area contributed by atoms with E-state index in [0.717, 1.165) is 49.5 Å². The highest BCUT2D eigenvalue weighted by molar-refractivity contribution is 8.93. The Morgan fingerprint density at radius 2 is 1.81 bits per heavy atom. The van der Waals surface area contributed by atoms with Gasteiger partial charge < -0.3 is 15.2 Å². The lowest BCUT2D eigenvalue weighted by Crippen LogP contribution is -2.36. The maximum atomic E-state index is 4.81. The first-order chi connectivity index (χ1) is 11.4. The van der Waals surface area contributed by atoms with Crippen LogP contribution in [0, 0.1) is 0 Å². The zero-order valence-electron chi connectivity index (χ0n) is 14.3. The number of pyridine rings is 1. The van der Waals surface area contributed by atoms with E-state index in [1.54, 1.807) is 0 Å². The second-order valence-electron chi connectivity index (χ2n) is 6.04. The zero-order valence-corrected chi connectivity index (χ0v) is 19.4. The standard InChI is InChI=1S/C18H21N5.3BrH/c1-2-6-17-16(5-1)22-18(21-15-7-10-19-11-8-15)23(17)13-14-4-3-9-20-12-14;;;/h1-6,9,12,15,19H,7-8,10-11,13H2,(H,21,22);3*1H. The summed E-state index contributed by atoms with van der Waals surface area (Å²) in [6, 6.07) is 12.9. The van der Waals surface area contributed by atoms with Gasteiger partial charge in [-0.3, -0.25) is 4.98 Å². The Balaban J connectivity index is 0.00000113.